The Bertz CT molecular complexity index is 2430. The van der Waals surface area contributed by atoms with Crippen LogP contribution in [0.3, 0.4) is 0 Å². The highest BCUT2D eigenvalue weighted by atomic mass is 32.2. The fraction of sp³-hybridized carbons (Fsp3) is 0.746. The molecule has 20 N–H and O–H groups in total. The van der Waals surface area contributed by atoms with Gasteiger partial charge in [0.1, 0.15) is 60.4 Å². The molecule has 92 heavy (non-hydrogen) atoms. The lowest BCUT2D eigenvalue weighted by atomic mass is 9.98. The van der Waals surface area contributed by atoms with Crippen LogP contribution in [0.5, 0.6) is 0 Å². The fourth-order valence-electron chi connectivity index (χ4n) is 8.96. The highest BCUT2D eigenvalue weighted by Gasteiger charge is 2.37. The van der Waals surface area contributed by atoms with E-state index >= 15 is 0 Å². The summed E-state index contributed by atoms with van der Waals surface area (Å²) in [6.45, 7) is 16.5. The molecular weight excluding hydrogens is 1230 g/mol. The van der Waals surface area contributed by atoms with Crippen molar-refractivity contribution in [3.05, 3.63) is 0 Å². The van der Waals surface area contributed by atoms with Gasteiger partial charge < -0.3 is 90.8 Å². The van der Waals surface area contributed by atoms with E-state index in [2.05, 4.69) is 53.2 Å². The van der Waals surface area contributed by atoms with Crippen LogP contribution in [-0.4, -0.2) is 195 Å². The summed E-state index contributed by atoms with van der Waals surface area (Å²) < 4.78 is 0. The molecule has 10 unspecified atom stereocenters. The minimum absolute atomic E-state index is 0.00673. The van der Waals surface area contributed by atoms with Crippen molar-refractivity contribution in [3.63, 3.8) is 0 Å². The van der Waals surface area contributed by atoms with Gasteiger partial charge in [0.2, 0.25) is 65.0 Å². The second kappa shape index (κ2) is 47.2. The lowest BCUT2D eigenvalue weighted by Crippen LogP contribution is -2.61. The first kappa shape index (κ1) is 86.4. The molecule has 526 valence electrons. The third kappa shape index (κ3) is 39.6. The normalized spacial score (nSPS) is 14.3. The molecule has 10 atom stereocenters. The van der Waals surface area contributed by atoms with Crippen molar-refractivity contribution in [2.45, 2.75) is 232 Å². The van der Waals surface area contributed by atoms with Gasteiger partial charge in [0, 0.05) is 33.1 Å². The van der Waals surface area contributed by atoms with Gasteiger partial charge in [-0.05, 0) is 132 Å². The predicted octanol–water partition coefficient (Wildman–Crippen LogP) is -1.17. The number of nitrogens with one attached hydrogen (secondary N) is 10. The van der Waals surface area contributed by atoms with Gasteiger partial charge in [0.25, 0.3) is 5.97 Å². The number of rotatable bonds is 47. The van der Waals surface area contributed by atoms with Crippen LogP contribution in [0.4, 0.5) is 0 Å². The molecule has 0 aromatic carbocycles. The van der Waals surface area contributed by atoms with Crippen LogP contribution in [0, 0.1) is 23.7 Å². The van der Waals surface area contributed by atoms with E-state index in [9.17, 15) is 82.4 Å². The monoisotopic (exact) mass is 1330 g/mol. The summed E-state index contributed by atoms with van der Waals surface area (Å²) in [6, 6.07) is -13.7. The molecule has 0 aliphatic heterocycles. The van der Waals surface area contributed by atoms with E-state index in [-0.39, 0.29) is 88.0 Å². The lowest BCUT2D eigenvalue weighted by molar-refractivity contribution is -0.139. The van der Waals surface area contributed by atoms with Gasteiger partial charge in [0.15, 0.2) is 0 Å². The van der Waals surface area contributed by atoms with E-state index in [1.54, 1.807) is 61.6 Å². The first-order chi connectivity index (χ1) is 42.9. The van der Waals surface area contributed by atoms with Crippen molar-refractivity contribution in [2.24, 2.45) is 40.9 Å². The number of amides is 11. The SMILES string of the molecule is CC(=O)O.CSCCC(NC(=O)C(CC(C)C)NC(=O)C(NC(=O)C(CCCCN)NC(=O)C(CC(C)C)NC(=O)C(CCC(=O)O)NC(C)=O)C(C)C)C(=O)NC(CCC(=O)O)C(=O)NC(CCCCN)C(=O)NC(CCC(=O)O)C(=O)NC(CC(C)C)C(N)=O. The number of hydrogen-bond donors (Lipinski definition) is 17. The minimum atomic E-state index is -1.65. The second-order valence-corrected chi connectivity index (χ2v) is 24.9. The van der Waals surface area contributed by atoms with Gasteiger partial charge in [-0.25, -0.2) is 0 Å². The van der Waals surface area contributed by atoms with Crippen molar-refractivity contribution < 1.29 is 92.3 Å². The topological polar surface area (TPSA) is 535 Å². The van der Waals surface area contributed by atoms with E-state index in [0.29, 0.717) is 19.3 Å². The van der Waals surface area contributed by atoms with E-state index in [1.807, 2.05) is 0 Å². The molecule has 0 heterocycles. The van der Waals surface area contributed by atoms with Crippen LogP contribution in [0.1, 0.15) is 172 Å². The molecule has 0 rings (SSSR count). The molecule has 0 aliphatic rings. The van der Waals surface area contributed by atoms with Crippen molar-refractivity contribution in [2.75, 3.05) is 25.1 Å². The Morgan fingerprint density at radius 2 is 0.620 bits per heavy atom. The minimum Gasteiger partial charge on any atom is -0.481 e. The fourth-order valence-corrected chi connectivity index (χ4v) is 9.43. The number of thioether (sulfide) groups is 1. The molecule has 33 heteroatoms. The van der Waals surface area contributed by atoms with E-state index < -0.39 is 187 Å². The summed E-state index contributed by atoms with van der Waals surface area (Å²) in [4.78, 5) is 194. The standard InChI is InChI=1S/C57H101N13O17S.C2H4O2/c1-30(2)27-41(48(60)78)67-52(82)39(19-22-46(76)77)64-49(79)35(15-11-13-24-58)62-51(81)38(18-21-45(74)75)65-53(83)40(23-26-88-10)66-56(86)43(29-32(5)6)69-57(87)47(33(7)8)70-54(84)36(16-12-14-25-59)63-55(85)42(28-31(3)4)68-50(80)37(61-34(9)71)17-20-44(72)73;1-2(3)4/h30-33,35-43,47H,11-29,58-59H2,1-10H3,(H2,60,78)(H,61,71)(H,62,81)(H,63,85)(H,64,79)(H,65,83)(H,66,86)(H,67,82)(H,68,80)(H,69,87)(H,70,84)(H,72,73)(H,74,75)(H,76,77);1H3,(H,3,4). The van der Waals surface area contributed by atoms with E-state index in [0.717, 1.165) is 13.8 Å². The van der Waals surface area contributed by atoms with Gasteiger partial charge in [-0.1, -0.05) is 55.4 Å². The molecule has 0 spiro atoms. The second-order valence-electron chi connectivity index (χ2n) is 23.9. The molecule has 11 amide bonds. The summed E-state index contributed by atoms with van der Waals surface area (Å²) >= 11 is 1.30. The summed E-state index contributed by atoms with van der Waals surface area (Å²) in [5, 5.41) is 61.4. The van der Waals surface area contributed by atoms with Crippen LogP contribution >= 0.6 is 11.8 Å². The van der Waals surface area contributed by atoms with Crippen LogP contribution in [0.2, 0.25) is 0 Å². The molecule has 0 saturated carbocycles. The molecule has 0 radical (unpaired) electrons. The van der Waals surface area contributed by atoms with Gasteiger partial charge in [-0.15, -0.1) is 0 Å². The maximum Gasteiger partial charge on any atom is 0.303 e. The average molecular weight is 1330 g/mol. The van der Waals surface area contributed by atoms with Gasteiger partial charge in [-0.2, -0.15) is 11.8 Å². The predicted molar refractivity (Wildman–Crippen MR) is 340 cm³/mol. The summed E-state index contributed by atoms with van der Waals surface area (Å²) in [7, 11) is 0. The van der Waals surface area contributed by atoms with Crippen molar-refractivity contribution >= 4 is 101 Å². The zero-order chi connectivity index (χ0) is 71.0. The van der Waals surface area contributed by atoms with Crippen LogP contribution < -0.4 is 70.4 Å². The molecule has 32 nitrogen and oxygen atoms in total. The Morgan fingerprint density at radius 3 is 0.902 bits per heavy atom. The Labute approximate surface area is 542 Å². The number of aliphatic carboxylic acids is 4. The van der Waals surface area contributed by atoms with Crippen molar-refractivity contribution in [1.82, 2.24) is 53.2 Å². The van der Waals surface area contributed by atoms with Crippen molar-refractivity contribution in [3.8, 4) is 0 Å². The third-order valence-corrected chi connectivity index (χ3v) is 14.2. The number of carboxylic acid groups (broad SMARTS) is 4. The Morgan fingerprint density at radius 1 is 0.359 bits per heavy atom. The third-order valence-electron chi connectivity index (χ3n) is 13.6. The Hall–Kier alpha value is -7.68. The van der Waals surface area contributed by atoms with Crippen LogP contribution in [-0.2, 0) is 71.9 Å². The quantitative estimate of drug-likeness (QED) is 0.0319. The number of primary amides is 1. The Kier molecular flexibility index (Phi) is 44.4. The van der Waals surface area contributed by atoms with Crippen molar-refractivity contribution in [1.29, 1.82) is 0 Å². The van der Waals surface area contributed by atoms with Gasteiger partial charge in [0.05, 0.1) is 0 Å². The smallest absolute Gasteiger partial charge is 0.303 e. The largest absolute Gasteiger partial charge is 0.481 e. The summed E-state index contributed by atoms with van der Waals surface area (Å²) in [5.41, 5.74) is 17.0. The number of hydrogen-bond acceptors (Lipinski definition) is 18. The average Bonchev–Trinajstić information content (AvgIpc) is 1.03. The highest BCUT2D eigenvalue weighted by molar-refractivity contribution is 7.98. The summed E-state index contributed by atoms with van der Waals surface area (Å²) in [6.07, 6.45) is 0.274. The number of carbonyl (C=O) groups is 15. The number of carboxylic acids is 4. The lowest BCUT2D eigenvalue weighted by Gasteiger charge is -2.30. The molecule has 0 bridgehead atoms. The number of carbonyl (C=O) groups excluding carboxylic acids is 11. The molecule has 0 aliphatic carbocycles. The zero-order valence-corrected chi connectivity index (χ0v) is 55.9. The maximum absolute atomic E-state index is 14.4. The van der Waals surface area contributed by atoms with Crippen LogP contribution in [0.15, 0.2) is 0 Å². The van der Waals surface area contributed by atoms with Crippen LogP contribution in [0.25, 0.3) is 0 Å². The number of nitrogens with two attached hydrogens (primary N) is 3. The summed E-state index contributed by atoms with van der Waals surface area (Å²) in [5.74, 6) is -15.1. The molecular formula is C59H105N13O19S. The van der Waals surface area contributed by atoms with Gasteiger partial charge >= 0.3 is 17.9 Å². The maximum atomic E-state index is 14.4. The van der Waals surface area contributed by atoms with E-state index in [4.69, 9.17) is 27.1 Å². The molecule has 0 saturated heterocycles. The van der Waals surface area contributed by atoms with E-state index in [1.165, 1.54) is 11.8 Å². The first-order valence-corrected chi connectivity index (χ1v) is 32.3. The number of unbranched alkanes of at least 4 members (excludes halogenated alkanes) is 2. The molecule has 0 aromatic heterocycles. The first-order valence-electron chi connectivity index (χ1n) is 30.9. The van der Waals surface area contributed by atoms with Gasteiger partial charge in [-0.3, -0.25) is 71.9 Å². The highest BCUT2D eigenvalue weighted by Crippen LogP contribution is 2.15. The molecule has 0 fully saturated rings. The zero-order valence-electron chi connectivity index (χ0n) is 55.1. The molecule has 0 aromatic rings. The Balaban J connectivity index is 0.